The third kappa shape index (κ3) is 3.48. The standard InChI is InChI=1S/C15H16FNO/c16-15-6-2-1-4-12(15)5-3-11-18-14-9-7-13(17)8-10-14/h1-2,4,6-10H,3,5,11,17H2. The zero-order chi connectivity index (χ0) is 12.8. The molecular formula is C15H16FNO. The summed E-state index contributed by atoms with van der Waals surface area (Å²) >= 11 is 0. The van der Waals surface area contributed by atoms with Crippen LogP contribution < -0.4 is 10.5 Å². The minimum atomic E-state index is -0.148. The number of nitrogen functional groups attached to an aromatic ring is 1. The van der Waals surface area contributed by atoms with Crippen molar-refractivity contribution >= 4 is 5.69 Å². The predicted molar refractivity (Wildman–Crippen MR) is 71.1 cm³/mol. The molecule has 0 aromatic heterocycles. The van der Waals surface area contributed by atoms with E-state index in [1.807, 2.05) is 18.2 Å². The van der Waals surface area contributed by atoms with Crippen LogP contribution in [0.1, 0.15) is 12.0 Å². The van der Waals surface area contributed by atoms with Gasteiger partial charge >= 0.3 is 0 Å². The minimum Gasteiger partial charge on any atom is -0.494 e. The third-order valence-electron chi connectivity index (χ3n) is 2.70. The summed E-state index contributed by atoms with van der Waals surface area (Å²) in [6.45, 7) is 0.568. The van der Waals surface area contributed by atoms with Crippen LogP contribution in [-0.2, 0) is 6.42 Å². The molecule has 0 heterocycles. The first-order valence-corrected chi connectivity index (χ1v) is 5.97. The summed E-state index contributed by atoms with van der Waals surface area (Å²) in [5.41, 5.74) is 7.03. The van der Waals surface area contributed by atoms with E-state index >= 15 is 0 Å². The zero-order valence-corrected chi connectivity index (χ0v) is 10.1. The fourth-order valence-electron chi connectivity index (χ4n) is 1.72. The van der Waals surface area contributed by atoms with E-state index in [4.69, 9.17) is 10.5 Å². The number of benzene rings is 2. The summed E-state index contributed by atoms with van der Waals surface area (Å²) in [6, 6.07) is 14.1. The van der Waals surface area contributed by atoms with Gasteiger partial charge in [-0.25, -0.2) is 4.39 Å². The minimum absolute atomic E-state index is 0.148. The van der Waals surface area contributed by atoms with Crippen molar-refractivity contribution in [3.05, 3.63) is 59.9 Å². The molecule has 0 aliphatic carbocycles. The number of halogens is 1. The number of nitrogens with two attached hydrogens (primary N) is 1. The molecule has 0 saturated heterocycles. The van der Waals surface area contributed by atoms with E-state index < -0.39 is 0 Å². The molecule has 0 unspecified atom stereocenters. The number of anilines is 1. The van der Waals surface area contributed by atoms with Crippen LogP contribution >= 0.6 is 0 Å². The van der Waals surface area contributed by atoms with Gasteiger partial charge in [0.2, 0.25) is 0 Å². The number of ether oxygens (including phenoxy) is 1. The molecule has 2 N–H and O–H groups in total. The normalized spacial score (nSPS) is 10.3. The van der Waals surface area contributed by atoms with Crippen LogP contribution in [0.2, 0.25) is 0 Å². The molecule has 18 heavy (non-hydrogen) atoms. The van der Waals surface area contributed by atoms with Gasteiger partial charge in [0.05, 0.1) is 6.61 Å². The summed E-state index contributed by atoms with van der Waals surface area (Å²) in [4.78, 5) is 0. The van der Waals surface area contributed by atoms with E-state index in [0.29, 0.717) is 18.7 Å². The Kier molecular flexibility index (Phi) is 4.18. The Morgan fingerprint density at radius 3 is 2.44 bits per heavy atom. The molecule has 2 aromatic carbocycles. The summed E-state index contributed by atoms with van der Waals surface area (Å²) in [7, 11) is 0. The molecule has 2 rings (SSSR count). The highest BCUT2D eigenvalue weighted by Crippen LogP contribution is 2.14. The van der Waals surface area contributed by atoms with Crippen LogP contribution in [0.3, 0.4) is 0 Å². The SMILES string of the molecule is Nc1ccc(OCCCc2ccccc2F)cc1. The Balaban J connectivity index is 1.76. The highest BCUT2D eigenvalue weighted by atomic mass is 19.1. The molecule has 0 fully saturated rings. The molecule has 3 heteroatoms. The lowest BCUT2D eigenvalue weighted by atomic mass is 10.1. The largest absolute Gasteiger partial charge is 0.494 e. The lowest BCUT2D eigenvalue weighted by molar-refractivity contribution is 0.310. The lowest BCUT2D eigenvalue weighted by Gasteiger charge is -2.06. The Morgan fingerprint density at radius 2 is 1.72 bits per heavy atom. The second-order valence-electron chi connectivity index (χ2n) is 4.11. The number of hydrogen-bond acceptors (Lipinski definition) is 2. The maximum atomic E-state index is 13.3. The van der Waals surface area contributed by atoms with Crippen LogP contribution in [0.25, 0.3) is 0 Å². The first-order valence-electron chi connectivity index (χ1n) is 5.97. The second-order valence-corrected chi connectivity index (χ2v) is 4.11. The summed E-state index contributed by atoms with van der Waals surface area (Å²) in [5, 5.41) is 0. The molecule has 2 aromatic rings. The van der Waals surface area contributed by atoms with Crippen molar-refractivity contribution in [2.45, 2.75) is 12.8 Å². The van der Waals surface area contributed by atoms with Crippen molar-refractivity contribution < 1.29 is 9.13 Å². The molecule has 0 atom stereocenters. The van der Waals surface area contributed by atoms with Crippen LogP contribution in [-0.4, -0.2) is 6.61 Å². The van der Waals surface area contributed by atoms with Crippen LogP contribution in [0.15, 0.2) is 48.5 Å². The molecular weight excluding hydrogens is 229 g/mol. The highest BCUT2D eigenvalue weighted by molar-refractivity contribution is 5.41. The third-order valence-corrected chi connectivity index (χ3v) is 2.70. The van der Waals surface area contributed by atoms with Crippen molar-refractivity contribution in [2.24, 2.45) is 0 Å². The smallest absolute Gasteiger partial charge is 0.126 e. The molecule has 0 saturated carbocycles. The summed E-state index contributed by atoms with van der Waals surface area (Å²) in [6.07, 6.45) is 1.47. The highest BCUT2D eigenvalue weighted by Gasteiger charge is 2.00. The van der Waals surface area contributed by atoms with E-state index in [9.17, 15) is 4.39 Å². The first-order chi connectivity index (χ1) is 8.75. The van der Waals surface area contributed by atoms with Crippen LogP contribution in [0.5, 0.6) is 5.75 Å². The molecule has 0 amide bonds. The molecule has 0 aliphatic heterocycles. The van der Waals surface area contributed by atoms with Crippen molar-refractivity contribution in [1.29, 1.82) is 0 Å². The zero-order valence-electron chi connectivity index (χ0n) is 10.1. The van der Waals surface area contributed by atoms with Gasteiger partial charge in [0.1, 0.15) is 11.6 Å². The van der Waals surface area contributed by atoms with Gasteiger partial charge in [-0.15, -0.1) is 0 Å². The maximum absolute atomic E-state index is 13.3. The Labute approximate surface area is 106 Å². The fourth-order valence-corrected chi connectivity index (χ4v) is 1.72. The maximum Gasteiger partial charge on any atom is 0.126 e. The summed E-state index contributed by atoms with van der Waals surface area (Å²) in [5.74, 6) is 0.641. The molecule has 94 valence electrons. The van der Waals surface area contributed by atoms with Crippen molar-refractivity contribution in [2.75, 3.05) is 12.3 Å². The van der Waals surface area contributed by atoms with E-state index in [0.717, 1.165) is 17.7 Å². The lowest BCUT2D eigenvalue weighted by Crippen LogP contribution is -2.00. The number of hydrogen-bond donors (Lipinski definition) is 1. The Bertz CT molecular complexity index is 496. The Morgan fingerprint density at radius 1 is 1.00 bits per heavy atom. The molecule has 0 aliphatic rings. The van der Waals surface area contributed by atoms with Gasteiger partial charge in [-0.2, -0.15) is 0 Å². The van der Waals surface area contributed by atoms with E-state index in [1.165, 1.54) is 6.07 Å². The monoisotopic (exact) mass is 245 g/mol. The van der Waals surface area contributed by atoms with Gasteiger partial charge in [0, 0.05) is 5.69 Å². The van der Waals surface area contributed by atoms with E-state index in [1.54, 1.807) is 24.3 Å². The van der Waals surface area contributed by atoms with Crippen LogP contribution in [0.4, 0.5) is 10.1 Å². The number of aryl methyl sites for hydroxylation is 1. The molecule has 0 radical (unpaired) electrons. The van der Waals surface area contributed by atoms with Crippen LogP contribution in [0, 0.1) is 5.82 Å². The Hall–Kier alpha value is -2.03. The average Bonchev–Trinajstić information content (AvgIpc) is 2.39. The predicted octanol–water partition coefficient (Wildman–Crippen LogP) is 3.42. The fraction of sp³-hybridized carbons (Fsp3) is 0.200. The van der Waals surface area contributed by atoms with E-state index in [-0.39, 0.29) is 5.82 Å². The number of rotatable bonds is 5. The van der Waals surface area contributed by atoms with Gasteiger partial charge in [0.15, 0.2) is 0 Å². The second kappa shape index (κ2) is 6.05. The van der Waals surface area contributed by atoms with Gasteiger partial charge in [-0.05, 0) is 48.7 Å². The molecule has 2 nitrogen and oxygen atoms in total. The quantitative estimate of drug-likeness (QED) is 0.647. The summed E-state index contributed by atoms with van der Waals surface area (Å²) < 4.78 is 18.9. The van der Waals surface area contributed by atoms with Gasteiger partial charge in [0.25, 0.3) is 0 Å². The van der Waals surface area contributed by atoms with Gasteiger partial charge in [-0.3, -0.25) is 0 Å². The van der Waals surface area contributed by atoms with Crippen molar-refractivity contribution in [1.82, 2.24) is 0 Å². The molecule has 0 spiro atoms. The van der Waals surface area contributed by atoms with Gasteiger partial charge in [-0.1, -0.05) is 18.2 Å². The van der Waals surface area contributed by atoms with Gasteiger partial charge < -0.3 is 10.5 Å². The van der Waals surface area contributed by atoms with Crippen molar-refractivity contribution in [3.8, 4) is 5.75 Å². The molecule has 0 bridgehead atoms. The van der Waals surface area contributed by atoms with E-state index in [2.05, 4.69) is 0 Å². The average molecular weight is 245 g/mol. The first kappa shape index (κ1) is 12.4. The van der Waals surface area contributed by atoms with Crippen molar-refractivity contribution in [3.63, 3.8) is 0 Å². The topological polar surface area (TPSA) is 35.2 Å².